The number of pyridine rings is 2. The van der Waals surface area contributed by atoms with Gasteiger partial charge in [0.1, 0.15) is 5.69 Å². The molecule has 0 atom stereocenters. The smallest absolute Gasteiger partial charge is 0.283 e. The van der Waals surface area contributed by atoms with Crippen molar-refractivity contribution in [1.29, 1.82) is 0 Å². The number of carbonyl (C=O) groups is 1. The second kappa shape index (κ2) is 9.09. The monoisotopic (exact) mass is 411 g/mol. The molecule has 0 unspecified atom stereocenters. The van der Waals surface area contributed by atoms with E-state index in [0.29, 0.717) is 10.4 Å². The van der Waals surface area contributed by atoms with Gasteiger partial charge in [0, 0.05) is 12.3 Å². The molecule has 0 saturated carbocycles. The number of aromatic nitrogens is 2. The van der Waals surface area contributed by atoms with Crippen molar-refractivity contribution in [3.05, 3.63) is 124 Å². The number of nitrogens with zero attached hydrogens (tertiary/aromatic N) is 2. The Morgan fingerprint density at radius 2 is 1.55 bits per heavy atom. The zero-order valence-corrected chi connectivity index (χ0v) is 16.7. The Morgan fingerprint density at radius 3 is 2.26 bits per heavy atom. The van der Waals surface area contributed by atoms with Gasteiger partial charge in [-0.05, 0) is 40.8 Å². The van der Waals surface area contributed by atoms with Crippen LogP contribution in [0, 0.1) is 0 Å². The molecule has 2 aromatic carbocycles. The van der Waals surface area contributed by atoms with Crippen molar-refractivity contribution >= 4 is 5.91 Å². The lowest BCUT2D eigenvalue weighted by atomic mass is 10.0. The van der Waals surface area contributed by atoms with Crippen molar-refractivity contribution in [2.75, 3.05) is 0 Å². The Balaban J connectivity index is 1.35. The van der Waals surface area contributed by atoms with Crippen LogP contribution in [0.1, 0.15) is 27.3 Å². The Morgan fingerprint density at radius 1 is 0.839 bits per heavy atom. The third-order valence-electron chi connectivity index (χ3n) is 4.95. The molecule has 4 aromatic rings. The lowest BCUT2D eigenvalue weighted by Crippen LogP contribution is -2.30. The molecule has 1 amide bonds. The number of benzene rings is 2. The van der Waals surface area contributed by atoms with Crippen molar-refractivity contribution in [1.82, 2.24) is 15.0 Å². The van der Waals surface area contributed by atoms with Crippen LogP contribution in [0.4, 0.5) is 0 Å². The lowest BCUT2D eigenvalue weighted by molar-refractivity contribution is 0.0888. The van der Waals surface area contributed by atoms with Gasteiger partial charge in [0.05, 0.1) is 12.2 Å². The minimum absolute atomic E-state index is 0.122. The second-order valence-corrected chi connectivity index (χ2v) is 7.14. The van der Waals surface area contributed by atoms with E-state index in [4.69, 9.17) is 0 Å². The van der Waals surface area contributed by atoms with E-state index in [9.17, 15) is 14.8 Å². The molecule has 0 aliphatic rings. The minimum atomic E-state index is -0.660. The highest BCUT2D eigenvalue weighted by Gasteiger charge is 2.11. The first-order valence-corrected chi connectivity index (χ1v) is 9.88. The van der Waals surface area contributed by atoms with Crippen LogP contribution >= 0.6 is 0 Å². The number of hydrogen-bond donors (Lipinski definition) is 2. The predicted molar refractivity (Wildman–Crippen MR) is 118 cm³/mol. The van der Waals surface area contributed by atoms with Crippen LogP contribution in [0.3, 0.4) is 0 Å². The average Bonchev–Trinajstić information content (AvgIpc) is 2.81. The first-order chi connectivity index (χ1) is 15.1. The van der Waals surface area contributed by atoms with Gasteiger partial charge in [-0.2, -0.15) is 0 Å². The molecule has 2 heterocycles. The Kier molecular flexibility index (Phi) is 5.89. The second-order valence-electron chi connectivity index (χ2n) is 7.14. The number of amides is 1. The van der Waals surface area contributed by atoms with E-state index in [1.807, 2.05) is 30.3 Å². The number of rotatable bonds is 6. The molecule has 2 N–H and O–H groups in total. The first kappa shape index (κ1) is 20.1. The van der Waals surface area contributed by atoms with Crippen LogP contribution in [0.15, 0.2) is 95.9 Å². The van der Waals surface area contributed by atoms with E-state index < -0.39 is 11.5 Å². The van der Waals surface area contributed by atoms with Gasteiger partial charge in [0.25, 0.3) is 11.5 Å². The highest BCUT2D eigenvalue weighted by atomic mass is 16.5. The fourth-order valence-corrected chi connectivity index (χ4v) is 3.26. The molecular formula is C25H21N3O3. The molecule has 0 fully saturated rings. The van der Waals surface area contributed by atoms with E-state index in [1.165, 1.54) is 34.9 Å². The summed E-state index contributed by atoms with van der Waals surface area (Å²) in [7, 11) is 0. The summed E-state index contributed by atoms with van der Waals surface area (Å²) < 4.78 is 0.328. The van der Waals surface area contributed by atoms with Gasteiger partial charge in [-0.3, -0.25) is 14.6 Å². The van der Waals surface area contributed by atoms with Crippen molar-refractivity contribution < 1.29 is 10.0 Å². The van der Waals surface area contributed by atoms with Crippen molar-refractivity contribution in [2.24, 2.45) is 0 Å². The van der Waals surface area contributed by atoms with E-state index in [1.54, 1.807) is 6.20 Å². The van der Waals surface area contributed by atoms with Gasteiger partial charge in [0.2, 0.25) is 0 Å². The zero-order valence-electron chi connectivity index (χ0n) is 16.7. The molecular weight excluding hydrogens is 390 g/mol. The fraction of sp³-hybridized carbons (Fsp3) is 0.0800. The van der Waals surface area contributed by atoms with Gasteiger partial charge < -0.3 is 10.5 Å². The molecule has 0 radical (unpaired) electrons. The average molecular weight is 411 g/mol. The normalized spacial score (nSPS) is 10.6. The Labute approximate surface area is 179 Å². The maximum absolute atomic E-state index is 12.2. The van der Waals surface area contributed by atoms with Crippen LogP contribution in [0.25, 0.3) is 11.1 Å². The maximum atomic E-state index is 12.2. The van der Waals surface area contributed by atoms with Crippen molar-refractivity contribution in [3.8, 4) is 11.1 Å². The van der Waals surface area contributed by atoms with Gasteiger partial charge in [-0.25, -0.2) is 0 Å². The number of hydrogen-bond acceptors (Lipinski definition) is 4. The van der Waals surface area contributed by atoms with Crippen molar-refractivity contribution in [3.63, 3.8) is 0 Å². The molecule has 2 aromatic heterocycles. The minimum Gasteiger partial charge on any atom is -0.425 e. The van der Waals surface area contributed by atoms with Crippen LogP contribution < -0.4 is 10.9 Å². The molecule has 0 saturated heterocycles. The molecule has 0 aliphatic heterocycles. The van der Waals surface area contributed by atoms with Crippen LogP contribution in [0.2, 0.25) is 0 Å². The summed E-state index contributed by atoms with van der Waals surface area (Å²) in [6.45, 7) is 0.188. The Hall–Kier alpha value is -4.19. The third-order valence-corrected chi connectivity index (χ3v) is 4.95. The summed E-state index contributed by atoms with van der Waals surface area (Å²) in [5.74, 6) is -0.551. The summed E-state index contributed by atoms with van der Waals surface area (Å²) >= 11 is 0. The summed E-state index contributed by atoms with van der Waals surface area (Å²) in [5, 5.41) is 12.3. The molecule has 154 valence electrons. The molecule has 0 bridgehead atoms. The molecule has 6 heteroatoms. The number of carbonyl (C=O) groups excluding carboxylic acids is 1. The van der Waals surface area contributed by atoms with Gasteiger partial charge in [0.15, 0.2) is 0 Å². The highest BCUT2D eigenvalue weighted by Crippen LogP contribution is 2.20. The van der Waals surface area contributed by atoms with Gasteiger partial charge in [-0.1, -0.05) is 66.7 Å². The zero-order chi connectivity index (χ0) is 21.6. The third kappa shape index (κ3) is 4.87. The van der Waals surface area contributed by atoms with E-state index >= 15 is 0 Å². The van der Waals surface area contributed by atoms with E-state index in [-0.39, 0.29) is 12.2 Å². The van der Waals surface area contributed by atoms with Crippen LogP contribution in [-0.2, 0) is 13.0 Å². The summed E-state index contributed by atoms with van der Waals surface area (Å²) in [5.41, 5.74) is 4.52. The van der Waals surface area contributed by atoms with Crippen molar-refractivity contribution in [2.45, 2.75) is 13.0 Å². The maximum Gasteiger partial charge on any atom is 0.283 e. The van der Waals surface area contributed by atoms with E-state index in [2.05, 4.69) is 46.7 Å². The predicted octanol–water partition coefficient (Wildman–Crippen LogP) is 3.67. The fourth-order valence-electron chi connectivity index (χ4n) is 3.26. The van der Waals surface area contributed by atoms with Crippen LogP contribution in [0.5, 0.6) is 0 Å². The largest absolute Gasteiger partial charge is 0.425 e. The summed E-state index contributed by atoms with van der Waals surface area (Å²) in [6, 6.07) is 26.5. The highest BCUT2D eigenvalue weighted by molar-refractivity contribution is 5.92. The summed E-state index contributed by atoms with van der Waals surface area (Å²) in [6.07, 6.45) is 2.55. The topological polar surface area (TPSA) is 84.2 Å². The standard InChI is InChI=1S/C25H21N3O3/c29-24-8-4-7-23(28(24)31)25(30)27-17-22-14-11-19(16-26-22)15-18-9-12-21(13-10-18)20-5-2-1-3-6-20/h1-14,16,31H,15,17H2,(H,27,30). The Bertz CT molecular complexity index is 1230. The first-order valence-electron chi connectivity index (χ1n) is 9.88. The molecule has 4 rings (SSSR count). The lowest BCUT2D eigenvalue weighted by Gasteiger charge is -2.08. The van der Waals surface area contributed by atoms with Gasteiger partial charge in [-0.15, -0.1) is 4.73 Å². The SMILES string of the molecule is O=C(NCc1ccc(Cc2ccc(-c3ccccc3)cc2)cn1)c1cccc(=O)n1O. The number of nitrogens with one attached hydrogen (secondary N) is 1. The van der Waals surface area contributed by atoms with Crippen LogP contribution in [-0.4, -0.2) is 20.8 Å². The molecule has 0 spiro atoms. The molecule has 0 aliphatic carbocycles. The quantitative estimate of drug-likeness (QED) is 0.474. The van der Waals surface area contributed by atoms with Gasteiger partial charge >= 0.3 is 0 Å². The molecule has 31 heavy (non-hydrogen) atoms. The van der Waals surface area contributed by atoms with E-state index in [0.717, 1.165) is 12.0 Å². The summed E-state index contributed by atoms with van der Waals surface area (Å²) in [4.78, 5) is 28.0. The molecule has 6 nitrogen and oxygen atoms in total.